The molecular formula is C12H15NO2S. The maximum Gasteiger partial charge on any atom is 0.123 e. The Balaban J connectivity index is 2.02. The van der Waals surface area contributed by atoms with Crippen molar-refractivity contribution in [3.05, 3.63) is 46.5 Å². The van der Waals surface area contributed by atoms with Crippen LogP contribution < -0.4 is 5.32 Å². The highest BCUT2D eigenvalue weighted by atomic mass is 32.1. The first-order valence-corrected chi connectivity index (χ1v) is 6.13. The molecule has 0 spiro atoms. The van der Waals surface area contributed by atoms with Crippen molar-refractivity contribution in [2.45, 2.75) is 19.0 Å². The summed E-state index contributed by atoms with van der Waals surface area (Å²) < 4.78 is 5.29. The van der Waals surface area contributed by atoms with Crippen molar-refractivity contribution in [3.63, 3.8) is 0 Å². The molecule has 0 bridgehead atoms. The van der Waals surface area contributed by atoms with Crippen molar-refractivity contribution in [1.82, 2.24) is 5.32 Å². The highest BCUT2D eigenvalue weighted by Gasteiger charge is 2.16. The number of aliphatic hydroxyl groups is 1. The molecule has 0 amide bonds. The number of furan rings is 1. The van der Waals surface area contributed by atoms with Crippen LogP contribution in [-0.2, 0) is 0 Å². The van der Waals surface area contributed by atoms with E-state index in [4.69, 9.17) is 4.42 Å². The summed E-state index contributed by atoms with van der Waals surface area (Å²) in [5.74, 6) is 0.769. The molecule has 0 aromatic carbocycles. The number of hydrogen-bond donors (Lipinski definition) is 2. The third-order valence-electron chi connectivity index (χ3n) is 2.49. The van der Waals surface area contributed by atoms with Gasteiger partial charge in [0.15, 0.2) is 0 Å². The third-order valence-corrected chi connectivity index (χ3v) is 3.55. The summed E-state index contributed by atoms with van der Waals surface area (Å²) in [5.41, 5.74) is 0. The Morgan fingerprint density at radius 1 is 1.44 bits per heavy atom. The molecule has 3 nitrogen and oxygen atoms in total. The largest absolute Gasteiger partial charge is 0.468 e. The van der Waals surface area contributed by atoms with Gasteiger partial charge in [0.05, 0.1) is 18.9 Å². The molecule has 0 fully saturated rings. The molecule has 2 N–H and O–H groups in total. The second kappa shape index (κ2) is 5.30. The van der Waals surface area contributed by atoms with Crippen LogP contribution in [0, 0.1) is 0 Å². The summed E-state index contributed by atoms with van der Waals surface area (Å²) in [7, 11) is 0. The zero-order valence-electron chi connectivity index (χ0n) is 9.09. The summed E-state index contributed by atoms with van der Waals surface area (Å²) in [6, 6.07) is 7.87. The predicted octanol–water partition coefficient (Wildman–Crippen LogP) is 2.73. The molecule has 2 unspecified atom stereocenters. The van der Waals surface area contributed by atoms with Crippen molar-refractivity contribution in [2.24, 2.45) is 0 Å². The monoisotopic (exact) mass is 237 g/mol. The van der Waals surface area contributed by atoms with Gasteiger partial charge in [-0.05, 0) is 30.5 Å². The van der Waals surface area contributed by atoms with E-state index < -0.39 is 0 Å². The van der Waals surface area contributed by atoms with Crippen LogP contribution in [0.15, 0.2) is 40.3 Å². The Bertz CT molecular complexity index is 397. The summed E-state index contributed by atoms with van der Waals surface area (Å²) >= 11 is 1.71. The summed E-state index contributed by atoms with van der Waals surface area (Å²) in [4.78, 5) is 1.25. The molecule has 0 saturated carbocycles. The fraction of sp³-hybridized carbons (Fsp3) is 0.333. The third kappa shape index (κ3) is 2.52. The van der Waals surface area contributed by atoms with Crippen LogP contribution >= 0.6 is 11.3 Å². The van der Waals surface area contributed by atoms with Crippen molar-refractivity contribution in [2.75, 3.05) is 6.61 Å². The van der Waals surface area contributed by atoms with Crippen LogP contribution in [0.25, 0.3) is 0 Å². The van der Waals surface area contributed by atoms with Crippen molar-refractivity contribution in [1.29, 1.82) is 0 Å². The lowest BCUT2D eigenvalue weighted by atomic mass is 10.2. The lowest BCUT2D eigenvalue weighted by molar-refractivity contribution is 0.217. The second-order valence-electron chi connectivity index (χ2n) is 3.65. The normalized spacial score (nSPS) is 14.9. The molecule has 0 aliphatic heterocycles. The van der Waals surface area contributed by atoms with Crippen LogP contribution in [0.3, 0.4) is 0 Å². The van der Waals surface area contributed by atoms with Gasteiger partial charge in [-0.1, -0.05) is 6.07 Å². The second-order valence-corrected chi connectivity index (χ2v) is 4.63. The van der Waals surface area contributed by atoms with Crippen LogP contribution in [0.4, 0.5) is 0 Å². The van der Waals surface area contributed by atoms with Gasteiger partial charge in [0.25, 0.3) is 0 Å². The van der Waals surface area contributed by atoms with E-state index in [1.807, 2.05) is 23.6 Å². The average molecular weight is 237 g/mol. The SMILES string of the molecule is CC(NC(CO)c1ccco1)c1cccs1. The fourth-order valence-electron chi connectivity index (χ4n) is 1.64. The van der Waals surface area contributed by atoms with Gasteiger partial charge in [0.2, 0.25) is 0 Å². The standard InChI is InChI=1S/C12H15NO2S/c1-9(12-5-3-7-16-12)13-10(8-14)11-4-2-6-15-11/h2-7,9-10,13-14H,8H2,1H3. The molecule has 0 radical (unpaired) electrons. The maximum atomic E-state index is 9.33. The van der Waals surface area contributed by atoms with E-state index in [0.29, 0.717) is 0 Å². The molecule has 16 heavy (non-hydrogen) atoms. The fourth-order valence-corrected chi connectivity index (χ4v) is 2.38. The quantitative estimate of drug-likeness (QED) is 0.840. The van der Waals surface area contributed by atoms with Gasteiger partial charge in [-0.2, -0.15) is 0 Å². The zero-order chi connectivity index (χ0) is 11.4. The minimum Gasteiger partial charge on any atom is -0.468 e. The molecule has 2 rings (SSSR count). The van der Waals surface area contributed by atoms with E-state index in [1.54, 1.807) is 17.6 Å². The minimum absolute atomic E-state index is 0.0310. The zero-order valence-corrected chi connectivity index (χ0v) is 9.91. The van der Waals surface area contributed by atoms with Crippen molar-refractivity contribution >= 4 is 11.3 Å². The van der Waals surface area contributed by atoms with Gasteiger partial charge in [-0.3, -0.25) is 5.32 Å². The van der Waals surface area contributed by atoms with E-state index in [9.17, 15) is 5.11 Å². The van der Waals surface area contributed by atoms with E-state index in [-0.39, 0.29) is 18.7 Å². The highest BCUT2D eigenvalue weighted by Crippen LogP contribution is 2.22. The molecule has 0 aliphatic carbocycles. The molecule has 2 heterocycles. The van der Waals surface area contributed by atoms with Gasteiger partial charge < -0.3 is 9.52 Å². The lowest BCUT2D eigenvalue weighted by Crippen LogP contribution is -2.26. The first-order chi connectivity index (χ1) is 7.81. The highest BCUT2D eigenvalue weighted by molar-refractivity contribution is 7.10. The minimum atomic E-state index is -0.146. The van der Waals surface area contributed by atoms with Gasteiger partial charge in [0, 0.05) is 10.9 Å². The summed E-state index contributed by atoms with van der Waals surface area (Å²) in [6.45, 7) is 2.11. The molecule has 2 aromatic rings. The molecule has 4 heteroatoms. The topological polar surface area (TPSA) is 45.4 Å². The summed E-state index contributed by atoms with van der Waals surface area (Å²) in [5, 5.41) is 14.7. The Morgan fingerprint density at radius 3 is 2.88 bits per heavy atom. The van der Waals surface area contributed by atoms with Gasteiger partial charge in [-0.25, -0.2) is 0 Å². The lowest BCUT2D eigenvalue weighted by Gasteiger charge is -2.19. The first kappa shape index (κ1) is 11.4. The first-order valence-electron chi connectivity index (χ1n) is 5.25. The van der Waals surface area contributed by atoms with E-state index in [2.05, 4.69) is 18.3 Å². The Labute approximate surface area is 98.7 Å². The Morgan fingerprint density at radius 2 is 2.31 bits per heavy atom. The van der Waals surface area contributed by atoms with E-state index >= 15 is 0 Å². The van der Waals surface area contributed by atoms with Crippen LogP contribution in [0.1, 0.15) is 29.6 Å². The number of aliphatic hydroxyl groups excluding tert-OH is 1. The molecule has 2 aromatic heterocycles. The van der Waals surface area contributed by atoms with Gasteiger partial charge in [0.1, 0.15) is 5.76 Å². The molecule has 0 saturated heterocycles. The smallest absolute Gasteiger partial charge is 0.123 e. The molecule has 86 valence electrons. The van der Waals surface area contributed by atoms with Crippen molar-refractivity contribution in [3.8, 4) is 0 Å². The van der Waals surface area contributed by atoms with Crippen LogP contribution in [0.2, 0.25) is 0 Å². The average Bonchev–Trinajstić information content (AvgIpc) is 2.96. The molecular weight excluding hydrogens is 222 g/mol. The number of thiophene rings is 1. The Kier molecular flexibility index (Phi) is 3.77. The number of nitrogens with one attached hydrogen (secondary N) is 1. The van der Waals surface area contributed by atoms with Crippen molar-refractivity contribution < 1.29 is 9.52 Å². The Hall–Kier alpha value is -1.10. The van der Waals surface area contributed by atoms with Gasteiger partial charge >= 0.3 is 0 Å². The van der Waals surface area contributed by atoms with Gasteiger partial charge in [-0.15, -0.1) is 11.3 Å². The summed E-state index contributed by atoms with van der Waals surface area (Å²) in [6.07, 6.45) is 1.62. The maximum absolute atomic E-state index is 9.33. The molecule has 0 aliphatic rings. The number of hydrogen-bond acceptors (Lipinski definition) is 4. The van der Waals surface area contributed by atoms with Crippen LogP contribution in [0.5, 0.6) is 0 Å². The van der Waals surface area contributed by atoms with E-state index in [1.165, 1.54) is 4.88 Å². The van der Waals surface area contributed by atoms with E-state index in [0.717, 1.165) is 5.76 Å². The molecule has 2 atom stereocenters. The van der Waals surface area contributed by atoms with Crippen LogP contribution in [-0.4, -0.2) is 11.7 Å². The predicted molar refractivity (Wildman–Crippen MR) is 64.4 cm³/mol. The number of rotatable bonds is 5.